The fraction of sp³-hybridized carbons (Fsp3) is 0.600. The molecule has 27 heavy (non-hydrogen) atoms. The first kappa shape index (κ1) is 18.5. The van der Waals surface area contributed by atoms with E-state index in [2.05, 4.69) is 23.8 Å². The Morgan fingerprint density at radius 2 is 2.15 bits per heavy atom. The summed E-state index contributed by atoms with van der Waals surface area (Å²) in [6.07, 6.45) is 6.20. The molecule has 2 aliphatic rings. The first-order valence-corrected chi connectivity index (χ1v) is 10.0. The van der Waals surface area contributed by atoms with E-state index in [9.17, 15) is 10.1 Å². The lowest BCUT2D eigenvalue weighted by atomic mass is 9.65. The quantitative estimate of drug-likeness (QED) is 0.560. The molecule has 7 heteroatoms. The van der Waals surface area contributed by atoms with Crippen LogP contribution in [-0.4, -0.2) is 49.9 Å². The zero-order valence-corrected chi connectivity index (χ0v) is 16.6. The molecule has 0 bridgehead atoms. The van der Waals surface area contributed by atoms with E-state index in [0.29, 0.717) is 18.4 Å². The molecule has 0 saturated heterocycles. The summed E-state index contributed by atoms with van der Waals surface area (Å²) in [7, 11) is -0.778. The molecule has 3 N–H and O–H groups in total. The summed E-state index contributed by atoms with van der Waals surface area (Å²) in [6.45, 7) is 9.07. The lowest BCUT2D eigenvalue weighted by molar-refractivity contribution is 0.0324. The fourth-order valence-electron chi connectivity index (χ4n) is 5.13. The van der Waals surface area contributed by atoms with Crippen LogP contribution in [0, 0.1) is 17.8 Å². The molecule has 1 aliphatic carbocycles. The summed E-state index contributed by atoms with van der Waals surface area (Å²) in [5.41, 5.74) is 3.06. The lowest BCUT2D eigenvalue weighted by Crippen LogP contribution is -2.53. The van der Waals surface area contributed by atoms with Gasteiger partial charge in [-0.15, -0.1) is 0 Å². The van der Waals surface area contributed by atoms with Crippen LogP contribution < -0.4 is 5.46 Å². The second kappa shape index (κ2) is 6.64. The molecule has 2 aromatic heterocycles. The summed E-state index contributed by atoms with van der Waals surface area (Å²) in [4.78, 5) is 9.43. The Bertz CT molecular complexity index is 878. The molecule has 144 valence electrons. The minimum atomic E-state index is -0.778. The van der Waals surface area contributed by atoms with E-state index >= 15 is 0 Å². The Balaban J connectivity index is 1.89. The van der Waals surface area contributed by atoms with E-state index in [1.807, 2.05) is 26.1 Å². The Hall–Kier alpha value is -1.86. The van der Waals surface area contributed by atoms with E-state index in [4.69, 9.17) is 5.10 Å². The largest absolute Gasteiger partial charge is 0.468 e. The van der Waals surface area contributed by atoms with E-state index in [1.165, 1.54) is 0 Å². The van der Waals surface area contributed by atoms with Crippen LogP contribution in [0.2, 0.25) is 0 Å². The summed E-state index contributed by atoms with van der Waals surface area (Å²) in [5, 5.41) is 27.5. The predicted octanol–water partition coefficient (Wildman–Crippen LogP) is 2.11. The topological polar surface area (TPSA) is 84.7 Å². The molecule has 0 spiro atoms. The van der Waals surface area contributed by atoms with Crippen molar-refractivity contribution in [1.29, 1.82) is 0 Å². The van der Waals surface area contributed by atoms with Crippen LogP contribution in [0.3, 0.4) is 0 Å². The Morgan fingerprint density at radius 3 is 2.89 bits per heavy atom. The molecule has 0 unspecified atom stereocenters. The fourth-order valence-corrected chi connectivity index (χ4v) is 5.13. The van der Waals surface area contributed by atoms with Gasteiger partial charge in [0, 0.05) is 41.3 Å². The number of pyridine rings is 1. The molecular weight excluding hydrogens is 339 g/mol. The molecule has 1 saturated carbocycles. The van der Waals surface area contributed by atoms with Crippen molar-refractivity contribution in [2.24, 2.45) is 22.9 Å². The molecular formula is C20H29BN4O2. The van der Waals surface area contributed by atoms with Crippen molar-refractivity contribution in [3.63, 3.8) is 0 Å². The average molecular weight is 368 g/mol. The highest BCUT2D eigenvalue weighted by Crippen LogP contribution is 2.41. The number of aliphatic hydroxyl groups is 1. The van der Waals surface area contributed by atoms with Crippen LogP contribution in [0.1, 0.15) is 52.5 Å². The third-order valence-corrected chi connectivity index (χ3v) is 6.43. The standard InChI is InChI=1S/C20H29BN4O2/c1-5-25-21(27)15-11-23-19-14(7-9-22-19)17(15)18(24-25)16-12(2)6-8-20(4,26)10-13(16)3/h7,9,11-13,16,26-27H,5-6,8,10H2,1-4H3,(H,22,23)/t12-,13-,16+,20-/m1/s1. The Labute approximate surface area is 160 Å². The number of hydrazone groups is 1. The van der Waals surface area contributed by atoms with Gasteiger partial charge < -0.3 is 20.0 Å². The van der Waals surface area contributed by atoms with E-state index < -0.39 is 12.7 Å². The number of hydrogen-bond acceptors (Lipinski definition) is 5. The van der Waals surface area contributed by atoms with Gasteiger partial charge in [-0.2, -0.15) is 5.10 Å². The average Bonchev–Trinajstić information content (AvgIpc) is 3.06. The van der Waals surface area contributed by atoms with Gasteiger partial charge >= 0.3 is 7.05 Å². The van der Waals surface area contributed by atoms with Crippen LogP contribution in [-0.2, 0) is 0 Å². The molecule has 0 amide bonds. The maximum Gasteiger partial charge on any atom is 0.468 e. The molecule has 6 nitrogen and oxygen atoms in total. The van der Waals surface area contributed by atoms with Crippen molar-refractivity contribution in [3.05, 3.63) is 24.0 Å². The number of hydrogen-bond donors (Lipinski definition) is 3. The molecule has 3 heterocycles. The SMILES string of the molecule is CCN1N=C([C@H]2[C@H](C)CC[C@@](C)(O)C[C@H]2C)c2c(cnc3[nH]ccc23)B1O. The van der Waals surface area contributed by atoms with Gasteiger partial charge in [0.05, 0.1) is 11.3 Å². The summed E-state index contributed by atoms with van der Waals surface area (Å²) in [5.74, 6) is 0.914. The second-order valence-corrected chi connectivity index (χ2v) is 8.66. The second-order valence-electron chi connectivity index (χ2n) is 8.66. The maximum absolute atomic E-state index is 10.8. The molecule has 4 rings (SSSR count). The monoisotopic (exact) mass is 368 g/mol. The zero-order valence-electron chi connectivity index (χ0n) is 16.6. The zero-order chi connectivity index (χ0) is 19.3. The van der Waals surface area contributed by atoms with Crippen molar-refractivity contribution < 1.29 is 10.1 Å². The number of rotatable bonds is 2. The van der Waals surface area contributed by atoms with Gasteiger partial charge in [-0.25, -0.2) is 4.98 Å². The van der Waals surface area contributed by atoms with Crippen LogP contribution in [0.4, 0.5) is 0 Å². The van der Waals surface area contributed by atoms with Crippen LogP contribution in [0.5, 0.6) is 0 Å². The predicted molar refractivity (Wildman–Crippen MR) is 109 cm³/mol. The number of aromatic amines is 1. The van der Waals surface area contributed by atoms with Gasteiger partial charge in [-0.05, 0) is 51.0 Å². The molecule has 4 atom stereocenters. The number of nitrogens with one attached hydrogen (secondary N) is 1. The van der Waals surface area contributed by atoms with Crippen LogP contribution in [0.25, 0.3) is 11.0 Å². The van der Waals surface area contributed by atoms with Gasteiger partial charge in [0.25, 0.3) is 0 Å². The minimum Gasteiger partial charge on any atom is -0.428 e. The first-order chi connectivity index (χ1) is 12.8. The van der Waals surface area contributed by atoms with Crippen molar-refractivity contribution in [3.8, 4) is 0 Å². The number of H-pyrrole nitrogens is 1. The van der Waals surface area contributed by atoms with Crippen LogP contribution in [0.15, 0.2) is 23.6 Å². The van der Waals surface area contributed by atoms with Crippen LogP contribution >= 0.6 is 0 Å². The highest BCUT2D eigenvalue weighted by molar-refractivity contribution is 6.66. The molecule has 1 aliphatic heterocycles. The highest BCUT2D eigenvalue weighted by atomic mass is 16.3. The number of nitrogens with zero attached hydrogens (tertiary/aromatic N) is 3. The third kappa shape index (κ3) is 3.07. The number of fused-ring (bicyclic) bond motifs is 3. The van der Waals surface area contributed by atoms with Crippen molar-refractivity contribution in [1.82, 2.24) is 14.9 Å². The minimum absolute atomic E-state index is 0.222. The van der Waals surface area contributed by atoms with Gasteiger partial charge in [0.1, 0.15) is 5.65 Å². The third-order valence-electron chi connectivity index (χ3n) is 6.43. The van der Waals surface area contributed by atoms with Gasteiger partial charge in [0.15, 0.2) is 0 Å². The Kier molecular flexibility index (Phi) is 4.55. The van der Waals surface area contributed by atoms with Crippen molar-refractivity contribution in [2.45, 2.75) is 52.6 Å². The van der Waals surface area contributed by atoms with Gasteiger partial charge in [0.2, 0.25) is 0 Å². The molecule has 0 aromatic carbocycles. The summed E-state index contributed by atoms with van der Waals surface area (Å²) in [6, 6.07) is 2.02. The Morgan fingerprint density at radius 1 is 1.37 bits per heavy atom. The molecule has 1 fully saturated rings. The van der Waals surface area contributed by atoms with E-state index in [-0.39, 0.29) is 5.92 Å². The lowest BCUT2D eigenvalue weighted by Gasteiger charge is -2.36. The van der Waals surface area contributed by atoms with Gasteiger partial charge in [-0.3, -0.25) is 0 Å². The van der Waals surface area contributed by atoms with E-state index in [0.717, 1.165) is 47.0 Å². The first-order valence-electron chi connectivity index (χ1n) is 10.0. The molecule has 2 aromatic rings. The van der Waals surface area contributed by atoms with Gasteiger partial charge in [-0.1, -0.05) is 13.8 Å². The highest BCUT2D eigenvalue weighted by Gasteiger charge is 2.42. The summed E-state index contributed by atoms with van der Waals surface area (Å²) < 4.78 is 0. The molecule has 0 radical (unpaired) electrons. The maximum atomic E-state index is 10.8. The smallest absolute Gasteiger partial charge is 0.428 e. The van der Waals surface area contributed by atoms with Crippen molar-refractivity contribution >= 4 is 29.3 Å². The van der Waals surface area contributed by atoms with Crippen molar-refractivity contribution in [2.75, 3.05) is 6.54 Å². The van der Waals surface area contributed by atoms with E-state index in [1.54, 1.807) is 11.1 Å². The summed E-state index contributed by atoms with van der Waals surface area (Å²) >= 11 is 0. The number of aromatic nitrogens is 2. The normalized spacial score (nSPS) is 31.6.